The van der Waals surface area contributed by atoms with Crippen LogP contribution in [0.3, 0.4) is 0 Å². The van der Waals surface area contributed by atoms with Gasteiger partial charge in [0.2, 0.25) is 6.71 Å². The zero-order chi connectivity index (χ0) is 33.5. The number of benzene rings is 5. The van der Waals surface area contributed by atoms with E-state index in [-0.39, 0.29) is 26.8 Å². The number of nitrogens with zero attached hydrogens (tertiary/aromatic N) is 2. The third-order valence-corrected chi connectivity index (χ3v) is 9.33. The molecule has 7 aromatic rings. The molecular weight excluding hydrogens is 792 g/mol. The van der Waals surface area contributed by atoms with Crippen LogP contribution in [0.1, 0.15) is 22.3 Å². The Hall–Kier alpha value is -5.29. The number of hydrogen-bond acceptors (Lipinski definition) is 4. The van der Waals surface area contributed by atoms with Gasteiger partial charge in [-0.1, -0.05) is 96.4 Å². The second-order valence-corrected chi connectivity index (χ2v) is 12.7. The molecule has 245 valence electrons. The number of fused-ring (bicyclic) bond motifs is 4. The van der Waals surface area contributed by atoms with Gasteiger partial charge in [-0.2, -0.15) is 0 Å². The van der Waals surface area contributed by atoms with Crippen molar-refractivity contribution < 1.29 is 29.6 Å². The molecule has 9 rings (SSSR count). The van der Waals surface area contributed by atoms with Crippen molar-refractivity contribution in [2.45, 2.75) is 27.7 Å². The van der Waals surface area contributed by atoms with Gasteiger partial charge in [0.25, 0.3) is 0 Å². The molecule has 0 N–H and O–H groups in total. The van der Waals surface area contributed by atoms with Gasteiger partial charge in [0.1, 0.15) is 17.2 Å². The van der Waals surface area contributed by atoms with Crippen LogP contribution in [0.2, 0.25) is 0 Å². The molecule has 2 aliphatic heterocycles. The van der Waals surface area contributed by atoms with Crippen molar-refractivity contribution in [3.05, 3.63) is 162 Å². The molecule has 0 fully saturated rings. The van der Waals surface area contributed by atoms with Crippen LogP contribution in [0, 0.1) is 39.8 Å². The third kappa shape index (κ3) is 6.17. The van der Waals surface area contributed by atoms with E-state index in [0.717, 1.165) is 67.5 Å². The maximum Gasteiger partial charge on any atom is 0.241 e. The predicted octanol–water partition coefficient (Wildman–Crippen LogP) is 8.72. The van der Waals surface area contributed by atoms with Crippen LogP contribution >= 0.6 is 0 Å². The fourth-order valence-corrected chi connectivity index (χ4v) is 6.56. The summed E-state index contributed by atoms with van der Waals surface area (Å²) in [6.45, 7) is 8.43. The number of pyridine rings is 2. The molecule has 0 aliphatic carbocycles. The number of ether oxygens (including phenoxy) is 2. The standard InChI is InChI=1S/C24H15BNO2.C20H18N.Ir/c1-15-12-13-19(26-14-15)16-6-4-8-18-24(16)28-22-11-5-10-21-23(22)25(18)17-7-2-3-9-20(17)27-21;1-14-9-10-18(20-11-15(2)16(3)13-21-20)12-19(14)17-7-5-4-6-8-17;/h2-5,7-14H,1H3;4-9,11-13H,1-3H3;/q2*-1;. The summed E-state index contributed by atoms with van der Waals surface area (Å²) >= 11 is 0. The molecule has 2 aromatic heterocycles. The minimum absolute atomic E-state index is 0. The van der Waals surface area contributed by atoms with Gasteiger partial charge >= 0.3 is 0 Å². The number of rotatable bonds is 3. The van der Waals surface area contributed by atoms with Gasteiger partial charge in [0, 0.05) is 43.7 Å². The number of hydrogen-bond donors (Lipinski definition) is 0. The molecule has 0 spiro atoms. The average molecular weight is 825 g/mol. The molecule has 0 amide bonds. The summed E-state index contributed by atoms with van der Waals surface area (Å²) < 4.78 is 12.6. The zero-order valence-corrected chi connectivity index (χ0v) is 30.6. The van der Waals surface area contributed by atoms with Crippen LogP contribution in [0.5, 0.6) is 23.0 Å². The first-order chi connectivity index (χ1) is 23.9. The molecule has 0 saturated heterocycles. The van der Waals surface area contributed by atoms with E-state index in [4.69, 9.17) is 9.47 Å². The molecule has 0 atom stereocenters. The van der Waals surface area contributed by atoms with Crippen molar-refractivity contribution in [2.24, 2.45) is 0 Å². The quantitative estimate of drug-likeness (QED) is 0.132. The minimum atomic E-state index is 0. The molecule has 4 heterocycles. The zero-order valence-electron chi connectivity index (χ0n) is 28.2. The first kappa shape index (κ1) is 33.2. The molecule has 2 aliphatic rings. The monoisotopic (exact) mass is 825 g/mol. The molecule has 5 aromatic carbocycles. The number of aryl methyl sites for hydroxylation is 4. The van der Waals surface area contributed by atoms with Crippen molar-refractivity contribution in [3.63, 3.8) is 0 Å². The Balaban J connectivity index is 0.000000161. The summed E-state index contributed by atoms with van der Waals surface area (Å²) in [5, 5.41) is 0. The third-order valence-electron chi connectivity index (χ3n) is 9.33. The number of aromatic nitrogens is 2. The second-order valence-electron chi connectivity index (χ2n) is 12.7. The minimum Gasteiger partial charge on any atom is -0.503 e. The van der Waals surface area contributed by atoms with Crippen molar-refractivity contribution in [1.82, 2.24) is 9.97 Å². The Morgan fingerprint density at radius 1 is 0.600 bits per heavy atom. The maximum absolute atomic E-state index is 6.40. The first-order valence-electron chi connectivity index (χ1n) is 16.5. The fourth-order valence-electron chi connectivity index (χ4n) is 6.56. The van der Waals surface area contributed by atoms with Crippen LogP contribution in [0.25, 0.3) is 33.6 Å². The number of para-hydroxylation sites is 1. The summed E-state index contributed by atoms with van der Waals surface area (Å²) in [5.74, 6) is 3.41. The molecule has 6 heteroatoms. The molecule has 50 heavy (non-hydrogen) atoms. The molecule has 0 saturated carbocycles. The van der Waals surface area contributed by atoms with Gasteiger partial charge in [0.15, 0.2) is 0 Å². The van der Waals surface area contributed by atoms with Gasteiger partial charge in [-0.15, -0.1) is 53.0 Å². The van der Waals surface area contributed by atoms with Crippen LogP contribution in [-0.2, 0) is 20.1 Å². The molecule has 0 bridgehead atoms. The van der Waals surface area contributed by atoms with Gasteiger partial charge in [0.05, 0.1) is 0 Å². The topological polar surface area (TPSA) is 44.2 Å². The Bertz CT molecular complexity index is 2340. The Labute approximate surface area is 307 Å². The van der Waals surface area contributed by atoms with E-state index >= 15 is 0 Å². The largest absolute Gasteiger partial charge is 0.503 e. The van der Waals surface area contributed by atoms with Crippen LogP contribution in [0.15, 0.2) is 128 Å². The fraction of sp³-hybridized carbons (Fsp3) is 0.0909. The van der Waals surface area contributed by atoms with Crippen molar-refractivity contribution in [1.29, 1.82) is 0 Å². The summed E-state index contributed by atoms with van der Waals surface area (Å²) in [5.41, 5.74) is 14.4. The predicted molar refractivity (Wildman–Crippen MR) is 199 cm³/mol. The first-order valence-corrected chi connectivity index (χ1v) is 16.5. The SMILES string of the molecule is Cc1ccc(-c2[c-]ccc3c2Oc2cccc4c2B3c2ccccc2O4)nc1.Cc1cnc(-c2[c-]cc(C)c(-c3ccccc3)c2)cc1C.[Ir]. The molecular formula is C44H33BIrN2O2-2. The van der Waals surface area contributed by atoms with Crippen molar-refractivity contribution in [2.75, 3.05) is 0 Å². The Morgan fingerprint density at radius 3 is 2.12 bits per heavy atom. The second kappa shape index (κ2) is 13.9. The van der Waals surface area contributed by atoms with Gasteiger partial charge in [-0.25, -0.2) is 0 Å². The van der Waals surface area contributed by atoms with Crippen LogP contribution < -0.4 is 25.9 Å². The van der Waals surface area contributed by atoms with E-state index in [1.54, 1.807) is 0 Å². The van der Waals surface area contributed by atoms with E-state index in [9.17, 15) is 0 Å². The van der Waals surface area contributed by atoms with E-state index in [1.165, 1.54) is 27.8 Å². The maximum atomic E-state index is 6.40. The van der Waals surface area contributed by atoms with E-state index < -0.39 is 0 Å². The Morgan fingerprint density at radius 2 is 1.34 bits per heavy atom. The smallest absolute Gasteiger partial charge is 0.241 e. The van der Waals surface area contributed by atoms with Crippen molar-refractivity contribution in [3.8, 4) is 56.6 Å². The molecule has 1 radical (unpaired) electrons. The van der Waals surface area contributed by atoms with Crippen LogP contribution in [-0.4, -0.2) is 16.7 Å². The average Bonchev–Trinajstić information content (AvgIpc) is 3.14. The summed E-state index contributed by atoms with van der Waals surface area (Å²) in [7, 11) is 0. The normalized spacial score (nSPS) is 11.7. The van der Waals surface area contributed by atoms with E-state index in [1.807, 2.05) is 67.8 Å². The van der Waals surface area contributed by atoms with Gasteiger partial charge < -0.3 is 19.4 Å². The van der Waals surface area contributed by atoms with Crippen LogP contribution in [0.4, 0.5) is 0 Å². The van der Waals surface area contributed by atoms with Gasteiger partial charge in [-0.05, 0) is 72.5 Å². The molecule has 0 unspecified atom stereocenters. The Kier molecular flexibility index (Phi) is 9.24. The molecule has 4 nitrogen and oxygen atoms in total. The summed E-state index contributed by atoms with van der Waals surface area (Å²) in [6, 6.07) is 45.9. The van der Waals surface area contributed by atoms with Crippen molar-refractivity contribution >= 4 is 23.1 Å². The van der Waals surface area contributed by atoms with E-state index in [0.29, 0.717) is 0 Å². The summed E-state index contributed by atoms with van der Waals surface area (Å²) in [6.07, 6.45) is 3.81. The summed E-state index contributed by atoms with van der Waals surface area (Å²) in [4.78, 5) is 9.15. The van der Waals surface area contributed by atoms with Gasteiger partial charge in [-0.3, -0.25) is 0 Å². The van der Waals surface area contributed by atoms with E-state index in [2.05, 4.69) is 110 Å².